The molecule has 0 radical (unpaired) electrons. The smallest absolute Gasteiger partial charge is 0.315 e. The van der Waals surface area contributed by atoms with Crippen molar-refractivity contribution in [3.05, 3.63) is 42.6 Å². The number of hydrogen-bond acceptors (Lipinski definition) is 4. The first kappa shape index (κ1) is 17.0. The molecule has 132 valence electrons. The topological polar surface area (TPSA) is 79.3 Å². The molecule has 1 aliphatic heterocycles. The molecule has 0 bridgehead atoms. The van der Waals surface area contributed by atoms with E-state index in [0.717, 1.165) is 18.5 Å². The maximum Gasteiger partial charge on any atom is 0.315 e. The first-order valence-electron chi connectivity index (χ1n) is 8.61. The maximum atomic E-state index is 12.4. The molecule has 2 N–H and O–H groups in total. The monoisotopic (exact) mass is 341 g/mol. The fraction of sp³-hybridized carbons (Fsp3) is 0.389. The van der Waals surface area contributed by atoms with Gasteiger partial charge in [-0.15, -0.1) is 0 Å². The Balaban J connectivity index is 1.54. The van der Waals surface area contributed by atoms with Gasteiger partial charge in [0.15, 0.2) is 0 Å². The minimum atomic E-state index is -0.613. The molecule has 7 nitrogen and oxygen atoms in total. The average Bonchev–Trinajstić information content (AvgIpc) is 3.25. The third-order valence-electron chi connectivity index (χ3n) is 4.21. The Labute approximate surface area is 147 Å². The number of amides is 2. The number of aryl methyl sites for hydroxylation is 1. The quantitative estimate of drug-likeness (QED) is 0.815. The van der Waals surface area contributed by atoms with Gasteiger partial charge >= 0.3 is 11.8 Å². The summed E-state index contributed by atoms with van der Waals surface area (Å²) < 4.78 is 1.69. The minimum Gasteiger partial charge on any atom is -0.380 e. The van der Waals surface area contributed by atoms with E-state index < -0.39 is 11.8 Å². The van der Waals surface area contributed by atoms with E-state index in [1.54, 1.807) is 21.8 Å². The highest BCUT2D eigenvalue weighted by atomic mass is 16.2. The van der Waals surface area contributed by atoms with Crippen LogP contribution in [0.5, 0.6) is 0 Å². The molecule has 1 aromatic heterocycles. The summed E-state index contributed by atoms with van der Waals surface area (Å²) in [6, 6.07) is 11.7. The first-order valence-corrected chi connectivity index (χ1v) is 8.61. The van der Waals surface area contributed by atoms with Crippen LogP contribution in [0.2, 0.25) is 0 Å². The Morgan fingerprint density at radius 1 is 1.24 bits per heavy atom. The van der Waals surface area contributed by atoms with Gasteiger partial charge in [-0.05, 0) is 25.0 Å². The highest BCUT2D eigenvalue weighted by Crippen LogP contribution is 2.16. The van der Waals surface area contributed by atoms with Gasteiger partial charge in [-0.3, -0.25) is 9.59 Å². The lowest BCUT2D eigenvalue weighted by atomic mass is 10.2. The predicted molar refractivity (Wildman–Crippen MR) is 96.2 cm³/mol. The van der Waals surface area contributed by atoms with Gasteiger partial charge in [0.05, 0.1) is 6.20 Å². The van der Waals surface area contributed by atoms with Crippen LogP contribution in [0, 0.1) is 0 Å². The largest absolute Gasteiger partial charge is 0.380 e. The molecule has 1 aromatic carbocycles. The Morgan fingerprint density at radius 2 is 2.04 bits per heavy atom. The van der Waals surface area contributed by atoms with E-state index in [0.29, 0.717) is 25.5 Å². The molecule has 1 saturated heterocycles. The van der Waals surface area contributed by atoms with Crippen molar-refractivity contribution in [3.63, 3.8) is 0 Å². The molecular formula is C18H23N5O2. The molecule has 7 heteroatoms. The van der Waals surface area contributed by atoms with Crippen LogP contribution in [0.1, 0.15) is 19.8 Å². The summed E-state index contributed by atoms with van der Waals surface area (Å²) in [4.78, 5) is 26.2. The van der Waals surface area contributed by atoms with Crippen LogP contribution in [0.3, 0.4) is 0 Å². The van der Waals surface area contributed by atoms with Crippen LogP contribution >= 0.6 is 0 Å². The standard InChI is InChI=1S/C18H23N5O2/c1-2-11-23-16(8-10-19-23)21-17(24)18(25)22-12-9-15(13-22)20-14-6-4-3-5-7-14/h3-8,10,15,20H,2,9,11-13H2,1H3,(H,21,24)/t15-/m1/s1. The molecule has 2 heterocycles. The molecule has 0 aliphatic carbocycles. The van der Waals surface area contributed by atoms with E-state index in [4.69, 9.17) is 0 Å². The number of carbonyl (C=O) groups is 2. The van der Waals surface area contributed by atoms with E-state index in [2.05, 4.69) is 15.7 Å². The number of benzene rings is 1. The summed E-state index contributed by atoms with van der Waals surface area (Å²) >= 11 is 0. The van der Waals surface area contributed by atoms with Crippen molar-refractivity contribution in [2.45, 2.75) is 32.4 Å². The third kappa shape index (κ3) is 4.17. The summed E-state index contributed by atoms with van der Waals surface area (Å²) in [5.74, 6) is -0.557. The number of carbonyl (C=O) groups excluding carboxylic acids is 2. The number of likely N-dealkylation sites (tertiary alicyclic amines) is 1. The van der Waals surface area contributed by atoms with Crippen LogP contribution < -0.4 is 10.6 Å². The number of rotatable bonds is 5. The van der Waals surface area contributed by atoms with E-state index in [1.807, 2.05) is 37.3 Å². The molecule has 1 atom stereocenters. The number of nitrogens with zero attached hydrogens (tertiary/aromatic N) is 3. The molecule has 0 saturated carbocycles. The van der Waals surface area contributed by atoms with Crippen molar-refractivity contribution in [2.75, 3.05) is 23.7 Å². The molecule has 1 fully saturated rings. The van der Waals surface area contributed by atoms with Gasteiger partial charge in [-0.1, -0.05) is 25.1 Å². The Hall–Kier alpha value is -2.83. The number of nitrogens with one attached hydrogen (secondary N) is 2. The van der Waals surface area contributed by atoms with Crippen molar-refractivity contribution in [1.82, 2.24) is 14.7 Å². The number of aromatic nitrogens is 2. The van der Waals surface area contributed by atoms with Gasteiger partial charge < -0.3 is 15.5 Å². The molecule has 0 unspecified atom stereocenters. The fourth-order valence-corrected chi connectivity index (χ4v) is 2.97. The zero-order chi connectivity index (χ0) is 17.6. The lowest BCUT2D eigenvalue weighted by Crippen LogP contribution is -2.39. The fourth-order valence-electron chi connectivity index (χ4n) is 2.97. The van der Waals surface area contributed by atoms with Gasteiger partial charge in [0.1, 0.15) is 5.82 Å². The molecule has 2 aromatic rings. The van der Waals surface area contributed by atoms with Crippen LogP contribution in [0.4, 0.5) is 11.5 Å². The Bertz CT molecular complexity index is 728. The van der Waals surface area contributed by atoms with Crippen LogP contribution in [0.15, 0.2) is 42.6 Å². The lowest BCUT2D eigenvalue weighted by molar-refractivity contribution is -0.142. The van der Waals surface area contributed by atoms with Gasteiger partial charge in [-0.25, -0.2) is 4.68 Å². The number of para-hydroxylation sites is 1. The number of hydrogen-bond donors (Lipinski definition) is 2. The maximum absolute atomic E-state index is 12.4. The second kappa shape index (κ2) is 7.83. The van der Waals surface area contributed by atoms with Gasteiger partial charge in [-0.2, -0.15) is 5.10 Å². The normalized spacial score (nSPS) is 16.7. The first-order chi connectivity index (χ1) is 12.2. The molecule has 25 heavy (non-hydrogen) atoms. The molecule has 0 spiro atoms. The summed E-state index contributed by atoms with van der Waals surface area (Å²) in [5, 5.41) is 10.2. The van der Waals surface area contributed by atoms with Gasteiger partial charge in [0.2, 0.25) is 0 Å². The predicted octanol–water partition coefficient (Wildman–Crippen LogP) is 1.94. The van der Waals surface area contributed by atoms with Gasteiger partial charge in [0, 0.05) is 37.4 Å². The summed E-state index contributed by atoms with van der Waals surface area (Å²) in [5.41, 5.74) is 1.02. The Kier molecular flexibility index (Phi) is 5.33. The van der Waals surface area contributed by atoms with E-state index in [1.165, 1.54) is 0 Å². The van der Waals surface area contributed by atoms with E-state index in [-0.39, 0.29) is 6.04 Å². The highest BCUT2D eigenvalue weighted by Gasteiger charge is 2.30. The van der Waals surface area contributed by atoms with Crippen molar-refractivity contribution >= 4 is 23.3 Å². The molecule has 2 amide bonds. The summed E-state index contributed by atoms with van der Waals surface area (Å²) in [7, 11) is 0. The van der Waals surface area contributed by atoms with Crippen molar-refractivity contribution in [3.8, 4) is 0 Å². The van der Waals surface area contributed by atoms with E-state index in [9.17, 15) is 9.59 Å². The van der Waals surface area contributed by atoms with Crippen molar-refractivity contribution in [1.29, 1.82) is 0 Å². The minimum absolute atomic E-state index is 0.157. The third-order valence-corrected chi connectivity index (χ3v) is 4.21. The Morgan fingerprint density at radius 3 is 2.80 bits per heavy atom. The van der Waals surface area contributed by atoms with Crippen molar-refractivity contribution in [2.24, 2.45) is 0 Å². The number of anilines is 2. The zero-order valence-electron chi connectivity index (χ0n) is 14.3. The second-order valence-corrected chi connectivity index (χ2v) is 6.14. The van der Waals surface area contributed by atoms with Crippen LogP contribution in [-0.4, -0.2) is 45.6 Å². The van der Waals surface area contributed by atoms with E-state index >= 15 is 0 Å². The summed E-state index contributed by atoms with van der Waals surface area (Å²) in [6.07, 6.45) is 3.34. The van der Waals surface area contributed by atoms with Gasteiger partial charge in [0.25, 0.3) is 0 Å². The van der Waals surface area contributed by atoms with Crippen molar-refractivity contribution < 1.29 is 9.59 Å². The molecular weight excluding hydrogens is 318 g/mol. The SMILES string of the molecule is CCCn1nccc1NC(=O)C(=O)N1CC[C@@H](Nc2ccccc2)C1. The van der Waals surface area contributed by atoms with Crippen LogP contribution in [-0.2, 0) is 16.1 Å². The molecule has 3 rings (SSSR count). The molecule has 1 aliphatic rings. The lowest BCUT2D eigenvalue weighted by Gasteiger charge is -2.17. The average molecular weight is 341 g/mol. The highest BCUT2D eigenvalue weighted by molar-refractivity contribution is 6.39. The zero-order valence-corrected chi connectivity index (χ0v) is 14.3. The van der Waals surface area contributed by atoms with Crippen LogP contribution in [0.25, 0.3) is 0 Å². The summed E-state index contributed by atoms with van der Waals surface area (Å²) in [6.45, 7) is 3.83. The second-order valence-electron chi connectivity index (χ2n) is 6.14.